The van der Waals surface area contributed by atoms with Gasteiger partial charge in [0, 0.05) is 18.5 Å². The maximum Gasteiger partial charge on any atom is 0.232 e. The van der Waals surface area contributed by atoms with Gasteiger partial charge in [0.15, 0.2) is 0 Å². The molecule has 1 amide bonds. The summed E-state index contributed by atoms with van der Waals surface area (Å²) in [5.41, 5.74) is 1.16. The van der Waals surface area contributed by atoms with Gasteiger partial charge < -0.3 is 4.90 Å². The van der Waals surface area contributed by atoms with Crippen molar-refractivity contribution in [2.45, 2.75) is 11.4 Å². The zero-order valence-corrected chi connectivity index (χ0v) is 13.7. The second-order valence-corrected chi connectivity index (χ2v) is 7.45. The molecule has 1 heterocycles. The van der Waals surface area contributed by atoms with Crippen molar-refractivity contribution < 1.29 is 4.79 Å². The Hall–Kier alpha value is -0.780. The third-order valence-electron chi connectivity index (χ3n) is 2.57. The van der Waals surface area contributed by atoms with Gasteiger partial charge in [-0.1, -0.05) is 18.2 Å². The van der Waals surface area contributed by atoms with Crippen LogP contribution in [0.5, 0.6) is 0 Å². The van der Waals surface area contributed by atoms with Gasteiger partial charge >= 0.3 is 0 Å². The van der Waals surface area contributed by atoms with Gasteiger partial charge in [-0.15, -0.1) is 23.1 Å². The first-order chi connectivity index (χ1) is 9.15. The molecule has 0 saturated carbocycles. The van der Waals surface area contributed by atoms with Crippen LogP contribution in [-0.2, 0) is 11.3 Å². The largest absolute Gasteiger partial charge is 0.341 e. The van der Waals surface area contributed by atoms with Crippen molar-refractivity contribution in [3.8, 4) is 0 Å². The van der Waals surface area contributed by atoms with Crippen LogP contribution in [0.3, 0.4) is 0 Å². The van der Waals surface area contributed by atoms with Crippen molar-refractivity contribution in [1.82, 2.24) is 4.90 Å². The lowest BCUT2D eigenvalue weighted by Gasteiger charge is -2.16. The molecule has 2 rings (SSSR count). The van der Waals surface area contributed by atoms with Crippen LogP contribution in [0.1, 0.15) is 5.56 Å². The number of thiophene rings is 1. The monoisotopic (exact) mass is 355 g/mol. The smallest absolute Gasteiger partial charge is 0.232 e. The van der Waals surface area contributed by atoms with Crippen LogP contribution in [0, 0.1) is 0 Å². The second-order valence-electron chi connectivity index (χ2n) is 4.11. The molecule has 19 heavy (non-hydrogen) atoms. The Morgan fingerprint density at radius 2 is 2.11 bits per heavy atom. The number of nitrogens with zero attached hydrogens (tertiary/aromatic N) is 1. The molecule has 0 N–H and O–H groups in total. The SMILES string of the molecule is CN(Cc1csc(Br)c1)C(=O)CSc1ccccc1. The summed E-state index contributed by atoms with van der Waals surface area (Å²) in [6, 6.07) is 12.0. The first-order valence-electron chi connectivity index (χ1n) is 5.80. The number of rotatable bonds is 5. The average Bonchev–Trinajstić information content (AvgIpc) is 2.82. The van der Waals surface area contributed by atoms with E-state index >= 15 is 0 Å². The molecule has 0 radical (unpaired) electrons. The van der Waals surface area contributed by atoms with Gasteiger partial charge in [0.2, 0.25) is 5.91 Å². The third kappa shape index (κ3) is 4.67. The number of halogens is 1. The van der Waals surface area contributed by atoms with Gasteiger partial charge in [-0.3, -0.25) is 4.79 Å². The predicted octanol–water partition coefficient (Wildman–Crippen LogP) is 4.26. The number of carbonyl (C=O) groups excluding carboxylic acids is 1. The summed E-state index contributed by atoms with van der Waals surface area (Å²) >= 11 is 6.65. The quantitative estimate of drug-likeness (QED) is 0.746. The number of carbonyl (C=O) groups is 1. The molecule has 0 aliphatic heterocycles. The van der Waals surface area contributed by atoms with E-state index in [0.29, 0.717) is 12.3 Å². The lowest BCUT2D eigenvalue weighted by Crippen LogP contribution is -2.27. The van der Waals surface area contributed by atoms with Crippen LogP contribution in [0.2, 0.25) is 0 Å². The maximum absolute atomic E-state index is 12.0. The fraction of sp³-hybridized carbons (Fsp3) is 0.214. The van der Waals surface area contributed by atoms with Crippen LogP contribution in [0.15, 0.2) is 50.5 Å². The van der Waals surface area contributed by atoms with Crippen molar-refractivity contribution in [3.05, 3.63) is 51.1 Å². The van der Waals surface area contributed by atoms with Crippen molar-refractivity contribution in [2.24, 2.45) is 0 Å². The number of benzene rings is 1. The van der Waals surface area contributed by atoms with Gasteiger partial charge in [0.1, 0.15) is 0 Å². The first kappa shape index (κ1) is 14.6. The third-order valence-corrected chi connectivity index (χ3v) is 5.12. The summed E-state index contributed by atoms with van der Waals surface area (Å²) in [6.45, 7) is 0.663. The molecule has 0 spiro atoms. The van der Waals surface area contributed by atoms with Crippen LogP contribution < -0.4 is 0 Å². The second kappa shape index (κ2) is 7.12. The van der Waals surface area contributed by atoms with E-state index < -0.39 is 0 Å². The van der Waals surface area contributed by atoms with Gasteiger partial charge in [-0.05, 0) is 45.1 Å². The van der Waals surface area contributed by atoms with E-state index in [2.05, 4.69) is 27.4 Å². The summed E-state index contributed by atoms with van der Waals surface area (Å²) in [4.78, 5) is 14.9. The van der Waals surface area contributed by atoms with Crippen molar-refractivity contribution >= 4 is 44.9 Å². The minimum absolute atomic E-state index is 0.149. The molecule has 5 heteroatoms. The summed E-state index contributed by atoms with van der Waals surface area (Å²) in [5.74, 6) is 0.627. The molecule has 100 valence electrons. The van der Waals surface area contributed by atoms with Gasteiger partial charge in [-0.2, -0.15) is 0 Å². The summed E-state index contributed by atoms with van der Waals surface area (Å²) in [5, 5.41) is 2.07. The molecule has 2 nitrogen and oxygen atoms in total. The molecular weight excluding hydrogens is 342 g/mol. The van der Waals surface area contributed by atoms with E-state index in [1.165, 1.54) is 0 Å². The van der Waals surface area contributed by atoms with Gasteiger partial charge in [0.25, 0.3) is 0 Å². The highest BCUT2D eigenvalue weighted by molar-refractivity contribution is 9.11. The number of hydrogen-bond donors (Lipinski definition) is 0. The van der Waals surface area contributed by atoms with Crippen molar-refractivity contribution in [1.29, 1.82) is 0 Å². The highest BCUT2D eigenvalue weighted by Gasteiger charge is 2.10. The zero-order chi connectivity index (χ0) is 13.7. The Morgan fingerprint density at radius 3 is 2.74 bits per heavy atom. The zero-order valence-electron chi connectivity index (χ0n) is 10.5. The molecule has 0 aliphatic carbocycles. The fourth-order valence-electron chi connectivity index (χ4n) is 1.56. The van der Waals surface area contributed by atoms with E-state index in [4.69, 9.17) is 0 Å². The molecule has 0 aliphatic rings. The van der Waals surface area contributed by atoms with Crippen LogP contribution >= 0.6 is 39.0 Å². The van der Waals surface area contributed by atoms with E-state index in [0.717, 1.165) is 14.2 Å². The lowest BCUT2D eigenvalue weighted by atomic mass is 10.3. The molecule has 2 aromatic rings. The summed E-state index contributed by atoms with van der Waals surface area (Å²) in [7, 11) is 1.85. The van der Waals surface area contributed by atoms with E-state index in [1.807, 2.05) is 37.4 Å². The van der Waals surface area contributed by atoms with Crippen molar-refractivity contribution in [2.75, 3.05) is 12.8 Å². The molecule has 1 aromatic heterocycles. The Morgan fingerprint density at radius 1 is 1.37 bits per heavy atom. The summed E-state index contributed by atoms with van der Waals surface area (Å²) in [6.07, 6.45) is 0. The molecule has 1 aromatic carbocycles. The fourth-order valence-corrected chi connectivity index (χ4v) is 3.62. The molecular formula is C14H14BrNOS2. The molecule has 0 fully saturated rings. The van der Waals surface area contributed by atoms with Crippen LogP contribution in [0.25, 0.3) is 0 Å². The normalized spacial score (nSPS) is 10.4. The number of hydrogen-bond acceptors (Lipinski definition) is 3. The van der Waals surface area contributed by atoms with Gasteiger partial charge in [0.05, 0.1) is 9.54 Å². The maximum atomic E-state index is 12.0. The number of thioether (sulfide) groups is 1. The predicted molar refractivity (Wildman–Crippen MR) is 85.7 cm³/mol. The summed E-state index contributed by atoms with van der Waals surface area (Å²) < 4.78 is 1.10. The molecule has 0 atom stereocenters. The molecule has 0 unspecified atom stereocenters. The highest BCUT2D eigenvalue weighted by atomic mass is 79.9. The van der Waals surface area contributed by atoms with E-state index in [-0.39, 0.29) is 5.91 Å². The Bertz CT molecular complexity index is 541. The van der Waals surface area contributed by atoms with Crippen molar-refractivity contribution in [3.63, 3.8) is 0 Å². The highest BCUT2D eigenvalue weighted by Crippen LogP contribution is 2.22. The van der Waals surface area contributed by atoms with E-state index in [1.54, 1.807) is 28.0 Å². The van der Waals surface area contributed by atoms with Crippen LogP contribution in [-0.4, -0.2) is 23.6 Å². The van der Waals surface area contributed by atoms with Crippen LogP contribution in [0.4, 0.5) is 0 Å². The molecule has 0 saturated heterocycles. The molecule has 0 bridgehead atoms. The Kier molecular flexibility index (Phi) is 5.48. The minimum atomic E-state index is 0.149. The van der Waals surface area contributed by atoms with Gasteiger partial charge in [-0.25, -0.2) is 0 Å². The first-order valence-corrected chi connectivity index (χ1v) is 8.45. The lowest BCUT2D eigenvalue weighted by molar-refractivity contribution is -0.127. The minimum Gasteiger partial charge on any atom is -0.341 e. The van der Waals surface area contributed by atoms with E-state index in [9.17, 15) is 4.79 Å². The Balaban J connectivity index is 1.82. The topological polar surface area (TPSA) is 20.3 Å². The number of amides is 1. The average molecular weight is 356 g/mol. The Labute approximate surface area is 130 Å². The standard InChI is InChI=1S/C14H14BrNOS2/c1-16(8-11-7-13(15)19-9-11)14(17)10-18-12-5-3-2-4-6-12/h2-7,9H,8,10H2,1H3.